The minimum absolute atomic E-state index is 0.0259. The van der Waals surface area contributed by atoms with E-state index in [9.17, 15) is 0 Å². The van der Waals surface area contributed by atoms with Crippen molar-refractivity contribution in [2.45, 2.75) is 231 Å². The topological polar surface area (TPSA) is 19.6 Å². The first-order valence-electron chi connectivity index (χ1n) is 29.9. The molecule has 390 valence electrons. The quantitative estimate of drug-likeness (QED) is 0.165. The Labute approximate surface area is 452 Å². The normalized spacial score (nSPS) is 27.3. The number of furan rings is 1. The maximum Gasteiger partial charge on any atom is 0.297 e. The molecule has 5 aromatic carbocycles. The molecule has 1 aromatic heterocycles. The van der Waals surface area contributed by atoms with Gasteiger partial charge in [0.2, 0.25) is 0 Å². The third-order valence-corrected chi connectivity index (χ3v) is 22.7. The fraction of sp³-hybridized carbons (Fsp3) is 0.549. The molecule has 4 heteroatoms. The predicted octanol–water partition coefficient (Wildman–Crippen LogP) is 17.6. The second-order valence-electron chi connectivity index (χ2n) is 31.7. The van der Waals surface area contributed by atoms with Gasteiger partial charge in [-0.1, -0.05) is 128 Å². The van der Waals surface area contributed by atoms with Crippen LogP contribution in [-0.4, -0.2) is 6.71 Å². The van der Waals surface area contributed by atoms with Gasteiger partial charge in [0, 0.05) is 33.8 Å². The Balaban J connectivity index is 1.14. The van der Waals surface area contributed by atoms with Crippen LogP contribution in [0.25, 0.3) is 11.0 Å². The molecular weight excluding hydrogens is 908 g/mol. The van der Waals surface area contributed by atoms with Crippen molar-refractivity contribution in [3.8, 4) is 0 Å². The van der Waals surface area contributed by atoms with Crippen molar-refractivity contribution in [3.05, 3.63) is 123 Å². The Morgan fingerprint density at radius 1 is 0.493 bits per heavy atom. The summed E-state index contributed by atoms with van der Waals surface area (Å²) < 4.78 is 7.70. The highest BCUT2D eigenvalue weighted by molar-refractivity contribution is 7.00. The summed E-state index contributed by atoms with van der Waals surface area (Å²) in [5.74, 6) is 2.50. The minimum atomic E-state index is -0.0872. The molecule has 6 aromatic rings. The second-order valence-corrected chi connectivity index (χ2v) is 31.7. The van der Waals surface area contributed by atoms with Gasteiger partial charge >= 0.3 is 0 Å². The molecule has 0 atom stereocenters. The summed E-state index contributed by atoms with van der Waals surface area (Å²) in [6, 6.07) is 31.2. The average molecular weight is 995 g/mol. The van der Waals surface area contributed by atoms with Crippen LogP contribution in [0.3, 0.4) is 0 Å². The molecule has 0 amide bonds. The van der Waals surface area contributed by atoms with E-state index in [1.807, 2.05) is 0 Å². The molecule has 0 N–H and O–H groups in total. The number of hydrogen-bond acceptors (Lipinski definition) is 3. The highest BCUT2D eigenvalue weighted by Gasteiger charge is 2.55. The van der Waals surface area contributed by atoms with Crippen molar-refractivity contribution >= 4 is 68.4 Å². The van der Waals surface area contributed by atoms with Crippen LogP contribution in [-0.2, 0) is 43.3 Å². The predicted molar refractivity (Wildman–Crippen MR) is 319 cm³/mol. The van der Waals surface area contributed by atoms with Gasteiger partial charge in [-0.25, -0.2) is 0 Å². The molecule has 3 nitrogen and oxygen atoms in total. The third kappa shape index (κ3) is 6.90. The van der Waals surface area contributed by atoms with Gasteiger partial charge in [0.15, 0.2) is 0 Å². The lowest BCUT2D eigenvalue weighted by Gasteiger charge is -2.57. The summed E-state index contributed by atoms with van der Waals surface area (Å²) in [4.78, 5) is 5.62. The molecule has 0 saturated heterocycles. The van der Waals surface area contributed by atoms with Gasteiger partial charge < -0.3 is 14.2 Å². The molecule has 4 saturated carbocycles. The maximum absolute atomic E-state index is 7.70. The zero-order valence-corrected chi connectivity index (χ0v) is 49.0. The molecule has 3 heterocycles. The molecular formula is C71H87BN2O. The van der Waals surface area contributed by atoms with Crippen LogP contribution in [0.1, 0.15) is 231 Å². The van der Waals surface area contributed by atoms with Gasteiger partial charge in [0.1, 0.15) is 5.58 Å². The minimum Gasteiger partial charge on any atom is -0.468 e. The Kier molecular flexibility index (Phi) is 9.80. The Morgan fingerprint density at radius 2 is 0.973 bits per heavy atom. The zero-order valence-electron chi connectivity index (χ0n) is 49.0. The van der Waals surface area contributed by atoms with E-state index in [1.54, 1.807) is 11.1 Å². The second kappa shape index (κ2) is 15.1. The van der Waals surface area contributed by atoms with E-state index in [0.717, 1.165) is 29.0 Å². The standard InChI is InChI=1S/C71H87BN2O/c1-41-27-50-53(69(13,14)25-23-66(50,7)8)36-56(41)74-57-37-54-52(68(11,12)24-26-70(54,15)16)35-55(57)72-61-58(32-46(33-59(61)74)71-38-42-28-43(39-71)30-44(29-42)40-71)73(47-18-19-49-51(34-47)67(9,10)22-21-65(49,5)6)62-48-31-45(64(2,3)4)17-20-60(48)75-63(62)72/h17-20,27,31-37,42-44H,21-26,28-30,38-40H2,1-16H3. The summed E-state index contributed by atoms with van der Waals surface area (Å²) in [5.41, 5.74) is 26.9. The number of nitrogens with zero attached hydrogens (tertiary/aromatic N) is 2. The van der Waals surface area contributed by atoms with Gasteiger partial charge in [-0.05, 0) is 255 Å². The van der Waals surface area contributed by atoms with Gasteiger partial charge in [-0.2, -0.15) is 0 Å². The molecule has 75 heavy (non-hydrogen) atoms. The largest absolute Gasteiger partial charge is 0.468 e. The molecule has 4 fully saturated rings. The molecule has 9 aliphatic rings. The number of aryl methyl sites for hydroxylation is 1. The van der Waals surface area contributed by atoms with Crippen molar-refractivity contribution in [3.63, 3.8) is 0 Å². The van der Waals surface area contributed by atoms with E-state index >= 15 is 0 Å². The lowest BCUT2D eigenvalue weighted by atomic mass is 9.35. The molecule has 0 radical (unpaired) electrons. The van der Waals surface area contributed by atoms with Crippen LogP contribution in [0.4, 0.5) is 34.1 Å². The van der Waals surface area contributed by atoms with Crippen molar-refractivity contribution in [2.24, 2.45) is 17.8 Å². The van der Waals surface area contributed by atoms with Crippen LogP contribution < -0.4 is 26.4 Å². The van der Waals surface area contributed by atoms with E-state index < -0.39 is 0 Å². The summed E-state index contributed by atoms with van der Waals surface area (Å²) in [6.45, 7) is 39.5. The number of benzene rings is 5. The smallest absolute Gasteiger partial charge is 0.297 e. The van der Waals surface area contributed by atoms with Crippen LogP contribution in [0.15, 0.2) is 77.2 Å². The average Bonchev–Trinajstić information content (AvgIpc) is 3.78. The first kappa shape index (κ1) is 48.7. The number of anilines is 6. The van der Waals surface area contributed by atoms with Crippen LogP contribution >= 0.6 is 0 Å². The highest BCUT2D eigenvalue weighted by atomic mass is 16.3. The van der Waals surface area contributed by atoms with E-state index in [4.69, 9.17) is 4.42 Å². The van der Waals surface area contributed by atoms with Gasteiger partial charge in [0.25, 0.3) is 6.71 Å². The first-order valence-corrected chi connectivity index (χ1v) is 29.9. The van der Waals surface area contributed by atoms with Crippen LogP contribution in [0.5, 0.6) is 0 Å². The highest BCUT2D eigenvalue weighted by Crippen LogP contribution is 2.63. The summed E-state index contributed by atoms with van der Waals surface area (Å²) in [5, 5.41) is 1.24. The SMILES string of the molecule is Cc1cc2c(cc1N1c3cc4c(cc3B3c5oc6ccc(C(C)(C)C)cc6c5N(c5ccc6c(c5)C(C)(C)CCC6(C)C)c5cc(C67CC8CC(CC(C8)C6)C7)cc1c53)C(C)(C)CCC4(C)C)C(C)(C)CCC2(C)C. The van der Waals surface area contributed by atoms with Gasteiger partial charge in [-0.15, -0.1) is 0 Å². The van der Waals surface area contributed by atoms with E-state index in [1.165, 1.54) is 166 Å². The monoisotopic (exact) mass is 995 g/mol. The molecule has 4 bridgehead atoms. The molecule has 0 spiro atoms. The Bertz CT molecular complexity index is 3420. The third-order valence-electron chi connectivity index (χ3n) is 22.7. The van der Waals surface area contributed by atoms with Gasteiger partial charge in [0.05, 0.1) is 11.3 Å². The van der Waals surface area contributed by atoms with Crippen molar-refractivity contribution in [1.82, 2.24) is 0 Å². The van der Waals surface area contributed by atoms with Crippen molar-refractivity contribution in [2.75, 3.05) is 9.80 Å². The lowest BCUT2D eigenvalue weighted by Crippen LogP contribution is -2.61. The number of hydrogen-bond donors (Lipinski definition) is 0. The maximum atomic E-state index is 7.70. The molecule has 15 rings (SSSR count). The van der Waals surface area contributed by atoms with Crippen molar-refractivity contribution in [1.29, 1.82) is 0 Å². The van der Waals surface area contributed by atoms with E-state index in [2.05, 4.69) is 193 Å². The van der Waals surface area contributed by atoms with E-state index in [0.29, 0.717) is 0 Å². The first-order chi connectivity index (χ1) is 35.1. The number of fused-ring (bicyclic) bond motifs is 9. The Morgan fingerprint density at radius 3 is 1.52 bits per heavy atom. The summed E-state index contributed by atoms with van der Waals surface area (Å²) in [7, 11) is 0. The lowest BCUT2D eigenvalue weighted by molar-refractivity contribution is -0.00514. The fourth-order valence-electron chi connectivity index (χ4n) is 18.0. The van der Waals surface area contributed by atoms with E-state index in [-0.39, 0.29) is 50.0 Å². The molecule has 2 aliphatic heterocycles. The zero-order chi connectivity index (χ0) is 52.7. The fourth-order valence-corrected chi connectivity index (χ4v) is 18.0. The van der Waals surface area contributed by atoms with Crippen molar-refractivity contribution < 1.29 is 4.42 Å². The van der Waals surface area contributed by atoms with Gasteiger partial charge in [-0.3, -0.25) is 0 Å². The number of rotatable bonds is 3. The molecule has 0 unspecified atom stereocenters. The summed E-state index contributed by atoms with van der Waals surface area (Å²) >= 11 is 0. The summed E-state index contributed by atoms with van der Waals surface area (Å²) in [6.07, 6.45) is 15.4. The van der Waals surface area contributed by atoms with Crippen LogP contribution in [0, 0.1) is 24.7 Å². The Hall–Kier alpha value is -4.70. The molecule has 7 aliphatic carbocycles. The van der Waals surface area contributed by atoms with Crippen LogP contribution in [0.2, 0.25) is 0 Å².